The van der Waals surface area contributed by atoms with E-state index in [1.807, 2.05) is 24.3 Å². The Morgan fingerprint density at radius 2 is 1.93 bits per heavy atom. The molecule has 1 spiro atoms. The summed E-state index contributed by atoms with van der Waals surface area (Å²) in [5.41, 5.74) is 2.52. The Hall–Kier alpha value is -2.11. The molecule has 2 heterocycles. The third kappa shape index (κ3) is 3.62. The zero-order valence-electron chi connectivity index (χ0n) is 16.3. The van der Waals surface area contributed by atoms with Gasteiger partial charge in [-0.15, -0.1) is 0 Å². The van der Waals surface area contributed by atoms with Gasteiger partial charge in [-0.05, 0) is 60.9 Å². The average molecular weight is 397 g/mol. The molecule has 0 N–H and O–H groups in total. The van der Waals surface area contributed by atoms with Crippen molar-refractivity contribution >= 4 is 6.08 Å². The molecular weight excluding hydrogens is 372 g/mol. The van der Waals surface area contributed by atoms with Crippen LogP contribution in [0, 0.1) is 23.6 Å². The minimum absolute atomic E-state index is 0.118. The summed E-state index contributed by atoms with van der Waals surface area (Å²) in [6, 6.07) is 10.4. The molecule has 3 fully saturated rings. The summed E-state index contributed by atoms with van der Waals surface area (Å²) in [6.45, 7) is 1.20. The first kappa shape index (κ1) is 18.9. The summed E-state index contributed by atoms with van der Waals surface area (Å²) in [5.74, 6) is -0.0331. The number of hydrogen-bond acceptors (Lipinski definition) is 3. The Labute approximate surface area is 169 Å². The van der Waals surface area contributed by atoms with Gasteiger partial charge in [0.1, 0.15) is 12.0 Å². The summed E-state index contributed by atoms with van der Waals surface area (Å²) in [6.07, 6.45) is 8.12. The van der Waals surface area contributed by atoms with Gasteiger partial charge < -0.3 is 9.47 Å². The van der Waals surface area contributed by atoms with Crippen LogP contribution in [0.25, 0.3) is 17.2 Å². The Bertz CT molecular complexity index is 892. The number of hydrogen-bond donors (Lipinski definition) is 0. The van der Waals surface area contributed by atoms with Crippen molar-refractivity contribution < 1.29 is 18.3 Å². The van der Waals surface area contributed by atoms with Crippen LogP contribution < -0.4 is 0 Å². The van der Waals surface area contributed by atoms with Gasteiger partial charge >= 0.3 is 0 Å². The first-order valence-corrected chi connectivity index (χ1v) is 10.5. The fourth-order valence-corrected chi connectivity index (χ4v) is 5.38. The molecule has 29 heavy (non-hydrogen) atoms. The van der Waals surface area contributed by atoms with Crippen LogP contribution in [-0.4, -0.2) is 30.2 Å². The standard InChI is InChI=1S/C24H25F2NO2/c25-19-3-1-2-16(12-19)17-4-6-21(27-15-17)7-9-23-22-8-5-20(26)13-18(22)14-24(23)28-10-11-29-24/h1-4,6-7,9,12,15,18,20,22-23H,5,8,10-11,13-14H2/b9-7+/t18-,20+,22-,23+/m1/s1. The third-order valence-corrected chi connectivity index (χ3v) is 6.69. The van der Waals surface area contributed by atoms with Crippen molar-refractivity contribution in [1.82, 2.24) is 4.98 Å². The van der Waals surface area contributed by atoms with Crippen molar-refractivity contribution in [3.8, 4) is 11.1 Å². The molecule has 2 aromatic rings. The van der Waals surface area contributed by atoms with E-state index in [2.05, 4.69) is 11.1 Å². The second kappa shape index (κ2) is 7.62. The summed E-state index contributed by atoms with van der Waals surface area (Å²) in [7, 11) is 0. The van der Waals surface area contributed by atoms with Crippen LogP contribution in [0.15, 0.2) is 48.7 Å². The van der Waals surface area contributed by atoms with Crippen molar-refractivity contribution in [2.45, 2.75) is 37.6 Å². The molecule has 3 aliphatic rings. The van der Waals surface area contributed by atoms with E-state index in [0.29, 0.717) is 37.9 Å². The first-order chi connectivity index (χ1) is 14.1. The van der Waals surface area contributed by atoms with E-state index < -0.39 is 12.0 Å². The predicted molar refractivity (Wildman–Crippen MR) is 107 cm³/mol. The maximum Gasteiger partial charge on any atom is 0.175 e. The molecule has 0 radical (unpaired) electrons. The monoisotopic (exact) mass is 397 g/mol. The van der Waals surface area contributed by atoms with E-state index in [1.54, 1.807) is 12.3 Å². The van der Waals surface area contributed by atoms with Gasteiger partial charge in [0.05, 0.1) is 18.9 Å². The predicted octanol–water partition coefficient (Wildman–Crippen LogP) is 5.42. The number of rotatable bonds is 3. The van der Waals surface area contributed by atoms with Gasteiger partial charge in [0, 0.05) is 24.1 Å². The number of pyridine rings is 1. The number of aromatic nitrogens is 1. The summed E-state index contributed by atoms with van der Waals surface area (Å²) >= 11 is 0. The molecule has 0 amide bonds. The van der Waals surface area contributed by atoms with Crippen LogP contribution in [-0.2, 0) is 9.47 Å². The molecule has 1 aromatic heterocycles. The van der Waals surface area contributed by atoms with Crippen molar-refractivity contribution in [1.29, 1.82) is 0 Å². The van der Waals surface area contributed by atoms with E-state index in [4.69, 9.17) is 9.47 Å². The maximum atomic E-state index is 13.9. The fraction of sp³-hybridized carbons (Fsp3) is 0.458. The molecule has 2 saturated carbocycles. The highest BCUT2D eigenvalue weighted by molar-refractivity contribution is 5.63. The van der Waals surface area contributed by atoms with Gasteiger partial charge in [0.15, 0.2) is 5.79 Å². The van der Waals surface area contributed by atoms with Crippen LogP contribution in [0.4, 0.5) is 8.78 Å². The normalized spacial score (nSPS) is 30.8. The fourth-order valence-electron chi connectivity index (χ4n) is 5.38. The Morgan fingerprint density at radius 1 is 1.07 bits per heavy atom. The van der Waals surface area contributed by atoms with Gasteiger partial charge in [0.25, 0.3) is 0 Å². The number of halogens is 2. The Balaban J connectivity index is 1.37. The number of nitrogens with zero attached hydrogens (tertiary/aromatic N) is 1. The molecule has 3 nitrogen and oxygen atoms in total. The van der Waals surface area contributed by atoms with Gasteiger partial charge in [-0.25, -0.2) is 8.78 Å². The lowest BCUT2D eigenvalue weighted by molar-refractivity contribution is -0.175. The molecule has 152 valence electrons. The zero-order valence-corrected chi connectivity index (χ0v) is 16.3. The molecule has 1 saturated heterocycles. The molecule has 1 aliphatic heterocycles. The van der Waals surface area contributed by atoms with Gasteiger partial charge in [0.2, 0.25) is 0 Å². The van der Waals surface area contributed by atoms with Crippen LogP contribution in [0.5, 0.6) is 0 Å². The molecule has 1 aromatic carbocycles. The minimum Gasteiger partial charge on any atom is -0.347 e. The largest absolute Gasteiger partial charge is 0.347 e. The van der Waals surface area contributed by atoms with Gasteiger partial charge in [-0.1, -0.05) is 24.3 Å². The lowest BCUT2D eigenvalue weighted by atomic mass is 9.77. The summed E-state index contributed by atoms with van der Waals surface area (Å²) in [4.78, 5) is 4.53. The summed E-state index contributed by atoms with van der Waals surface area (Å²) in [5, 5.41) is 0. The van der Waals surface area contributed by atoms with E-state index in [0.717, 1.165) is 29.7 Å². The van der Waals surface area contributed by atoms with E-state index >= 15 is 0 Å². The smallest absolute Gasteiger partial charge is 0.175 e. The van der Waals surface area contributed by atoms with Crippen molar-refractivity contribution in [2.75, 3.05) is 13.2 Å². The number of benzene rings is 1. The highest BCUT2D eigenvalue weighted by Crippen LogP contribution is 2.55. The van der Waals surface area contributed by atoms with Crippen LogP contribution >= 0.6 is 0 Å². The topological polar surface area (TPSA) is 31.4 Å². The first-order valence-electron chi connectivity index (χ1n) is 10.5. The van der Waals surface area contributed by atoms with Crippen LogP contribution in [0.2, 0.25) is 0 Å². The highest BCUT2D eigenvalue weighted by atomic mass is 19.1. The molecule has 5 heteroatoms. The number of fused-ring (bicyclic) bond motifs is 1. The number of ether oxygens (including phenoxy) is 2. The minimum atomic E-state index is -0.700. The van der Waals surface area contributed by atoms with Crippen LogP contribution in [0.1, 0.15) is 31.4 Å². The van der Waals surface area contributed by atoms with Crippen molar-refractivity contribution in [3.05, 3.63) is 60.2 Å². The zero-order chi connectivity index (χ0) is 19.8. The SMILES string of the molecule is Fc1cccc(-c2ccc(/C=C/[C@H]3[C@@H]4CC[C@H](F)C[C@@H]4CC34OCCO4)nc2)c1. The molecular formula is C24H25F2NO2. The van der Waals surface area contributed by atoms with Crippen LogP contribution in [0.3, 0.4) is 0 Å². The lowest BCUT2D eigenvalue weighted by Crippen LogP contribution is -2.35. The third-order valence-electron chi connectivity index (χ3n) is 6.69. The molecule has 0 bridgehead atoms. The number of alkyl halides is 1. The second-order valence-corrected chi connectivity index (χ2v) is 8.41. The molecule has 4 atom stereocenters. The lowest BCUT2D eigenvalue weighted by Gasteiger charge is -2.32. The molecule has 2 aliphatic carbocycles. The molecule has 0 unspecified atom stereocenters. The Kier molecular flexibility index (Phi) is 4.96. The van der Waals surface area contributed by atoms with E-state index in [-0.39, 0.29) is 11.7 Å². The van der Waals surface area contributed by atoms with Crippen molar-refractivity contribution in [2.24, 2.45) is 17.8 Å². The van der Waals surface area contributed by atoms with Gasteiger partial charge in [-0.3, -0.25) is 4.98 Å². The molecule has 5 rings (SSSR count). The summed E-state index contributed by atoms with van der Waals surface area (Å²) < 4.78 is 39.5. The van der Waals surface area contributed by atoms with E-state index in [9.17, 15) is 8.78 Å². The van der Waals surface area contributed by atoms with Crippen molar-refractivity contribution in [3.63, 3.8) is 0 Å². The average Bonchev–Trinajstić information content (AvgIpc) is 3.31. The second-order valence-electron chi connectivity index (χ2n) is 8.41. The maximum absolute atomic E-state index is 13.9. The quantitative estimate of drug-likeness (QED) is 0.693. The van der Waals surface area contributed by atoms with E-state index in [1.165, 1.54) is 12.1 Å². The highest BCUT2D eigenvalue weighted by Gasteiger charge is 2.57. The van der Waals surface area contributed by atoms with Gasteiger partial charge in [-0.2, -0.15) is 0 Å². The Morgan fingerprint density at radius 3 is 2.69 bits per heavy atom.